The van der Waals surface area contributed by atoms with Gasteiger partial charge in [0.1, 0.15) is 30.5 Å². The molecule has 0 aromatic rings. The van der Waals surface area contributed by atoms with E-state index in [9.17, 15) is 35.7 Å². The lowest BCUT2D eigenvalue weighted by Gasteiger charge is -2.65. The van der Waals surface area contributed by atoms with E-state index >= 15 is 0 Å². The van der Waals surface area contributed by atoms with Crippen molar-refractivity contribution in [1.29, 1.82) is 0 Å². The van der Waals surface area contributed by atoms with E-state index in [-0.39, 0.29) is 53.3 Å². The predicted molar refractivity (Wildman–Crippen MR) is 162 cm³/mol. The second-order valence-corrected chi connectivity index (χ2v) is 18.3. The molecule has 3 saturated heterocycles. The maximum Gasteiger partial charge on any atom is 0.199 e. The molecule has 262 valence electrons. The molecular formula is C35H56O11. The molecule has 0 aromatic heterocycles. The first-order valence-electron chi connectivity index (χ1n) is 17.7. The van der Waals surface area contributed by atoms with Crippen LogP contribution >= 0.6 is 0 Å². The van der Waals surface area contributed by atoms with Gasteiger partial charge in [-0.2, -0.15) is 0 Å². The van der Waals surface area contributed by atoms with Gasteiger partial charge >= 0.3 is 0 Å². The van der Waals surface area contributed by atoms with Gasteiger partial charge in [0.25, 0.3) is 0 Å². The van der Waals surface area contributed by atoms with Crippen molar-refractivity contribution in [3.8, 4) is 0 Å². The zero-order valence-corrected chi connectivity index (χ0v) is 28.1. The summed E-state index contributed by atoms with van der Waals surface area (Å²) in [5.74, 6) is -1.73. The van der Waals surface area contributed by atoms with Gasteiger partial charge in [0.05, 0.1) is 30.5 Å². The Bertz CT molecular complexity index is 1260. The highest BCUT2D eigenvalue weighted by Crippen LogP contribution is 2.90. The second kappa shape index (κ2) is 9.66. The topological polar surface area (TPSA) is 179 Å². The van der Waals surface area contributed by atoms with Crippen LogP contribution in [0.4, 0.5) is 0 Å². The maximum absolute atomic E-state index is 12.7. The van der Waals surface area contributed by atoms with E-state index in [1.807, 2.05) is 0 Å². The molecule has 11 nitrogen and oxygen atoms in total. The average molecular weight is 653 g/mol. The third-order valence-corrected chi connectivity index (χ3v) is 16.0. The van der Waals surface area contributed by atoms with Crippen molar-refractivity contribution in [3.05, 3.63) is 0 Å². The molecule has 0 amide bonds. The Morgan fingerprint density at radius 1 is 0.870 bits per heavy atom. The van der Waals surface area contributed by atoms with Crippen LogP contribution < -0.4 is 0 Å². The van der Waals surface area contributed by atoms with Gasteiger partial charge in [0, 0.05) is 23.4 Å². The molecule has 0 aromatic carbocycles. The molecule has 5 aliphatic carbocycles. The van der Waals surface area contributed by atoms with E-state index in [0.29, 0.717) is 12.8 Å². The van der Waals surface area contributed by atoms with Crippen LogP contribution in [-0.4, -0.2) is 115 Å². The molecule has 46 heavy (non-hydrogen) atoms. The van der Waals surface area contributed by atoms with Gasteiger partial charge in [0.15, 0.2) is 12.1 Å². The van der Waals surface area contributed by atoms with Gasteiger partial charge in [0.2, 0.25) is 0 Å². The van der Waals surface area contributed by atoms with E-state index in [1.165, 1.54) is 0 Å². The minimum Gasteiger partial charge on any atom is -0.396 e. The molecule has 0 radical (unpaired) electrons. The van der Waals surface area contributed by atoms with Crippen LogP contribution in [-0.2, 0) is 18.9 Å². The molecule has 2 bridgehead atoms. The summed E-state index contributed by atoms with van der Waals surface area (Å²) >= 11 is 0. The lowest BCUT2D eigenvalue weighted by atomic mass is 9.40. The Hall–Kier alpha value is -0.440. The number of aliphatic hydroxyl groups excluding tert-OH is 6. The molecule has 0 unspecified atom stereocenters. The molecule has 8 aliphatic rings. The summed E-state index contributed by atoms with van der Waals surface area (Å²) in [5.41, 5.74) is -3.28. The van der Waals surface area contributed by atoms with E-state index in [2.05, 4.69) is 27.7 Å². The second-order valence-electron chi connectivity index (χ2n) is 18.3. The van der Waals surface area contributed by atoms with Gasteiger partial charge in [-0.3, -0.25) is 0 Å². The number of hydrogen-bond donors (Lipinski definition) is 7. The Labute approximate surface area is 271 Å². The van der Waals surface area contributed by atoms with E-state index in [4.69, 9.17) is 18.9 Å². The van der Waals surface area contributed by atoms with Crippen LogP contribution in [0.1, 0.15) is 86.5 Å². The van der Waals surface area contributed by atoms with Crippen molar-refractivity contribution in [3.63, 3.8) is 0 Å². The molecule has 7 N–H and O–H groups in total. The average Bonchev–Trinajstić information content (AvgIpc) is 3.48. The third-order valence-electron chi connectivity index (χ3n) is 16.0. The van der Waals surface area contributed by atoms with Crippen LogP contribution in [0.2, 0.25) is 0 Å². The Balaban J connectivity index is 1.13. The highest BCUT2D eigenvalue weighted by atomic mass is 16.8. The molecule has 8 rings (SSSR count). The fourth-order valence-corrected chi connectivity index (χ4v) is 13.9. The van der Waals surface area contributed by atoms with Gasteiger partial charge in [-0.1, -0.05) is 27.7 Å². The summed E-state index contributed by atoms with van der Waals surface area (Å²) in [4.78, 5) is 0. The number of fused-ring (bicyclic) bond motifs is 4. The van der Waals surface area contributed by atoms with Crippen LogP contribution in [0.25, 0.3) is 0 Å². The standard InChI is InChI=1S/C35H56O11/c1-29(2)19-7-8-20-31(5)28(41)35-25(16(13-36)11-18(45-35)26(46-35)30(3,4)42)32(31,6)21(38)12-34(20)15-33(19,34)10-9-22(29)44-27-24(40)23(39)17(37)14-43-27/h16-28,36-42H,7-15H2,1-6H3/t16-,17-,18+,19-,20-,21+,22-,23-,24+,25+,26-,27-,28+,31+,32+,33+,34-,35-/m0/s1. The summed E-state index contributed by atoms with van der Waals surface area (Å²) < 4.78 is 25.5. The van der Waals surface area contributed by atoms with Crippen molar-refractivity contribution in [1.82, 2.24) is 0 Å². The smallest absolute Gasteiger partial charge is 0.199 e. The van der Waals surface area contributed by atoms with Crippen LogP contribution in [0.5, 0.6) is 0 Å². The molecular weight excluding hydrogens is 596 g/mol. The molecule has 3 heterocycles. The fraction of sp³-hybridized carbons (Fsp3) is 1.00. The van der Waals surface area contributed by atoms with Gasteiger partial charge in [-0.15, -0.1) is 0 Å². The SMILES string of the molecule is CC(C)(O)[C@H]1O[C@@]23O[C@@H]1C[C@@H](CO)[C@@H]2[C@@]1(C)[C@H](O)C[C@@]24C[C@@]25CC[C@H](O[C@@H]2OC[C@H](O)[C@H](O)[C@H]2O)C(C)(C)[C@@H]5CC[C@H]4[C@]1(C)[C@H]3O. The van der Waals surface area contributed by atoms with Crippen LogP contribution in [0, 0.1) is 50.7 Å². The predicted octanol–water partition coefficient (Wildman–Crippen LogP) is 1.06. The van der Waals surface area contributed by atoms with Crippen molar-refractivity contribution in [2.24, 2.45) is 50.7 Å². The summed E-state index contributed by atoms with van der Waals surface area (Å²) in [6, 6.07) is 0. The summed E-state index contributed by atoms with van der Waals surface area (Å²) in [6.45, 7) is 11.9. The lowest BCUT2D eigenvalue weighted by molar-refractivity contribution is -0.304. The minimum atomic E-state index is -1.42. The molecule has 8 fully saturated rings. The zero-order valence-electron chi connectivity index (χ0n) is 28.1. The highest BCUT2D eigenvalue weighted by Gasteiger charge is 2.90. The largest absolute Gasteiger partial charge is 0.396 e. The molecule has 3 aliphatic heterocycles. The van der Waals surface area contributed by atoms with Crippen molar-refractivity contribution >= 4 is 0 Å². The van der Waals surface area contributed by atoms with Gasteiger partial charge < -0.3 is 54.7 Å². The normalized spacial score (nSPS) is 61.6. The van der Waals surface area contributed by atoms with E-state index in [1.54, 1.807) is 13.8 Å². The minimum absolute atomic E-state index is 0.0383. The Morgan fingerprint density at radius 2 is 1.57 bits per heavy atom. The number of ether oxygens (including phenoxy) is 4. The Kier molecular flexibility index (Phi) is 6.88. The molecule has 11 heteroatoms. The molecule has 5 saturated carbocycles. The fourth-order valence-electron chi connectivity index (χ4n) is 13.9. The van der Waals surface area contributed by atoms with Crippen molar-refractivity contribution in [2.45, 2.75) is 153 Å². The lowest BCUT2D eigenvalue weighted by Crippen LogP contribution is -2.64. The van der Waals surface area contributed by atoms with Crippen molar-refractivity contribution < 1.29 is 54.7 Å². The summed E-state index contributed by atoms with van der Waals surface area (Å²) in [6.07, 6.45) is -2.52. The third kappa shape index (κ3) is 3.58. The van der Waals surface area contributed by atoms with Crippen molar-refractivity contribution in [2.75, 3.05) is 13.2 Å². The number of aliphatic hydroxyl groups is 7. The quantitative estimate of drug-likeness (QED) is 0.216. The Morgan fingerprint density at radius 3 is 2.24 bits per heavy atom. The van der Waals surface area contributed by atoms with Crippen LogP contribution in [0.3, 0.4) is 0 Å². The summed E-state index contributed by atoms with van der Waals surface area (Å²) in [5, 5.41) is 77.8. The first-order valence-corrected chi connectivity index (χ1v) is 17.7. The summed E-state index contributed by atoms with van der Waals surface area (Å²) in [7, 11) is 0. The maximum atomic E-state index is 12.7. The molecule has 18 atom stereocenters. The monoisotopic (exact) mass is 652 g/mol. The number of hydrogen-bond acceptors (Lipinski definition) is 11. The van der Waals surface area contributed by atoms with Gasteiger partial charge in [-0.25, -0.2) is 0 Å². The molecule has 3 spiro atoms. The van der Waals surface area contributed by atoms with E-state index < -0.39 is 77.2 Å². The first-order chi connectivity index (χ1) is 21.4. The first kappa shape index (κ1) is 32.7. The highest BCUT2D eigenvalue weighted by molar-refractivity contribution is 5.36. The van der Waals surface area contributed by atoms with Crippen LogP contribution in [0.15, 0.2) is 0 Å². The van der Waals surface area contributed by atoms with E-state index in [0.717, 1.165) is 32.1 Å². The zero-order chi connectivity index (χ0) is 33.2. The number of rotatable bonds is 4. The van der Waals surface area contributed by atoms with Gasteiger partial charge in [-0.05, 0) is 92.8 Å².